The SMILES string of the molecule is CC1(C)Cc2ccccc2C(c2ccc(Cl)nc2)=N1. The molecule has 19 heavy (non-hydrogen) atoms. The molecule has 0 saturated carbocycles. The van der Waals surface area contributed by atoms with Gasteiger partial charge in [0, 0.05) is 17.3 Å². The van der Waals surface area contributed by atoms with E-state index < -0.39 is 0 Å². The fourth-order valence-corrected chi connectivity index (χ4v) is 2.62. The minimum Gasteiger partial charge on any atom is -0.278 e. The van der Waals surface area contributed by atoms with Crippen molar-refractivity contribution in [3.63, 3.8) is 0 Å². The van der Waals surface area contributed by atoms with Gasteiger partial charge in [0.15, 0.2) is 0 Å². The zero-order chi connectivity index (χ0) is 13.5. The summed E-state index contributed by atoms with van der Waals surface area (Å²) >= 11 is 5.86. The van der Waals surface area contributed by atoms with Crippen LogP contribution in [-0.4, -0.2) is 16.2 Å². The second-order valence-corrected chi connectivity index (χ2v) is 5.86. The van der Waals surface area contributed by atoms with Crippen LogP contribution >= 0.6 is 11.6 Å². The van der Waals surface area contributed by atoms with Crippen molar-refractivity contribution in [2.75, 3.05) is 0 Å². The summed E-state index contributed by atoms with van der Waals surface area (Å²) in [6.45, 7) is 4.32. The van der Waals surface area contributed by atoms with Crippen LogP contribution in [0.15, 0.2) is 47.6 Å². The fourth-order valence-electron chi connectivity index (χ4n) is 2.51. The van der Waals surface area contributed by atoms with Crippen molar-refractivity contribution in [3.8, 4) is 0 Å². The van der Waals surface area contributed by atoms with Gasteiger partial charge >= 0.3 is 0 Å². The zero-order valence-electron chi connectivity index (χ0n) is 11.0. The summed E-state index contributed by atoms with van der Waals surface area (Å²) in [5.74, 6) is 0. The van der Waals surface area contributed by atoms with Gasteiger partial charge in [0.1, 0.15) is 5.15 Å². The third kappa shape index (κ3) is 2.41. The normalized spacial score (nSPS) is 16.7. The lowest BCUT2D eigenvalue weighted by atomic mass is 9.85. The molecule has 2 heterocycles. The summed E-state index contributed by atoms with van der Waals surface area (Å²) < 4.78 is 0. The van der Waals surface area contributed by atoms with Gasteiger partial charge in [-0.25, -0.2) is 4.98 Å². The van der Waals surface area contributed by atoms with Crippen LogP contribution in [0.2, 0.25) is 5.15 Å². The lowest BCUT2D eigenvalue weighted by Crippen LogP contribution is -2.29. The molecule has 1 aromatic carbocycles. The number of benzene rings is 1. The van der Waals surface area contributed by atoms with Crippen molar-refractivity contribution in [1.29, 1.82) is 0 Å². The fraction of sp³-hybridized carbons (Fsp3) is 0.250. The van der Waals surface area contributed by atoms with E-state index in [1.165, 1.54) is 11.1 Å². The molecule has 0 N–H and O–H groups in total. The Labute approximate surface area is 118 Å². The van der Waals surface area contributed by atoms with Crippen molar-refractivity contribution >= 4 is 17.3 Å². The van der Waals surface area contributed by atoms with E-state index in [2.05, 4.69) is 43.1 Å². The Morgan fingerprint density at radius 2 is 1.89 bits per heavy atom. The third-order valence-corrected chi connectivity index (χ3v) is 3.53. The molecule has 0 atom stereocenters. The van der Waals surface area contributed by atoms with E-state index in [1.807, 2.05) is 12.1 Å². The molecule has 1 aromatic heterocycles. The van der Waals surface area contributed by atoms with E-state index >= 15 is 0 Å². The van der Waals surface area contributed by atoms with Crippen molar-refractivity contribution in [3.05, 3.63) is 64.4 Å². The zero-order valence-corrected chi connectivity index (χ0v) is 11.8. The molecule has 0 bridgehead atoms. The van der Waals surface area contributed by atoms with Gasteiger partial charge in [0.05, 0.1) is 11.3 Å². The molecule has 0 spiro atoms. The Morgan fingerprint density at radius 3 is 2.63 bits per heavy atom. The van der Waals surface area contributed by atoms with E-state index in [9.17, 15) is 0 Å². The second-order valence-electron chi connectivity index (χ2n) is 5.48. The topological polar surface area (TPSA) is 25.2 Å². The molecule has 1 aliphatic heterocycles. The predicted molar refractivity (Wildman–Crippen MR) is 79.1 cm³/mol. The van der Waals surface area contributed by atoms with Crippen LogP contribution in [0, 0.1) is 0 Å². The number of hydrogen-bond acceptors (Lipinski definition) is 2. The maximum absolute atomic E-state index is 5.86. The molecular formula is C16H15ClN2. The van der Waals surface area contributed by atoms with Crippen molar-refractivity contribution < 1.29 is 0 Å². The summed E-state index contributed by atoms with van der Waals surface area (Å²) in [7, 11) is 0. The van der Waals surface area contributed by atoms with Gasteiger partial charge in [-0.1, -0.05) is 35.9 Å². The first-order valence-electron chi connectivity index (χ1n) is 6.35. The Balaban J connectivity index is 2.17. The maximum Gasteiger partial charge on any atom is 0.129 e. The summed E-state index contributed by atoms with van der Waals surface area (Å²) in [6, 6.07) is 12.2. The molecule has 3 heteroatoms. The number of aromatic nitrogens is 1. The van der Waals surface area contributed by atoms with Gasteiger partial charge in [-0.05, 0) is 38.0 Å². The Bertz CT molecular complexity index is 642. The summed E-state index contributed by atoms with van der Waals surface area (Å²) in [5, 5.41) is 0.507. The van der Waals surface area contributed by atoms with Crippen LogP contribution in [-0.2, 0) is 6.42 Å². The molecule has 0 aliphatic carbocycles. The molecule has 0 saturated heterocycles. The predicted octanol–water partition coefficient (Wildman–Crippen LogP) is 3.91. The Hall–Kier alpha value is -1.67. The third-order valence-electron chi connectivity index (χ3n) is 3.31. The highest BCUT2D eigenvalue weighted by atomic mass is 35.5. The smallest absolute Gasteiger partial charge is 0.129 e. The molecule has 0 unspecified atom stereocenters. The lowest BCUT2D eigenvalue weighted by molar-refractivity contribution is 0.513. The maximum atomic E-state index is 5.86. The van der Waals surface area contributed by atoms with Crippen molar-refractivity contribution in [2.24, 2.45) is 4.99 Å². The first-order chi connectivity index (χ1) is 9.05. The van der Waals surface area contributed by atoms with Gasteiger partial charge in [-0.2, -0.15) is 0 Å². The van der Waals surface area contributed by atoms with Crippen LogP contribution in [0.3, 0.4) is 0 Å². The molecular weight excluding hydrogens is 256 g/mol. The highest BCUT2D eigenvalue weighted by molar-refractivity contribution is 6.29. The lowest BCUT2D eigenvalue weighted by Gasteiger charge is -2.29. The van der Waals surface area contributed by atoms with E-state index in [0.29, 0.717) is 5.15 Å². The van der Waals surface area contributed by atoms with Crippen LogP contribution in [0.5, 0.6) is 0 Å². The first kappa shape index (κ1) is 12.4. The minimum atomic E-state index is -0.0800. The summed E-state index contributed by atoms with van der Waals surface area (Å²) in [4.78, 5) is 9.05. The molecule has 0 fully saturated rings. The minimum absolute atomic E-state index is 0.0800. The standard InChI is InChI=1S/C16H15ClN2/c1-16(2)9-11-5-3-4-6-13(11)15(19-16)12-7-8-14(17)18-10-12/h3-8,10H,9H2,1-2H3. The number of pyridine rings is 1. The van der Waals surface area contributed by atoms with Crippen molar-refractivity contribution in [2.45, 2.75) is 25.8 Å². The molecule has 0 radical (unpaired) electrons. The van der Waals surface area contributed by atoms with Crippen molar-refractivity contribution in [1.82, 2.24) is 4.98 Å². The van der Waals surface area contributed by atoms with Gasteiger partial charge in [0.25, 0.3) is 0 Å². The van der Waals surface area contributed by atoms with E-state index in [4.69, 9.17) is 16.6 Å². The molecule has 3 rings (SSSR count). The van der Waals surface area contributed by atoms with Crippen LogP contribution in [0.25, 0.3) is 0 Å². The molecule has 0 amide bonds. The highest BCUT2D eigenvalue weighted by Crippen LogP contribution is 2.29. The van der Waals surface area contributed by atoms with E-state index in [1.54, 1.807) is 6.20 Å². The molecule has 2 nitrogen and oxygen atoms in total. The largest absolute Gasteiger partial charge is 0.278 e. The average molecular weight is 271 g/mol. The average Bonchev–Trinajstić information content (AvgIpc) is 2.37. The number of fused-ring (bicyclic) bond motifs is 1. The number of hydrogen-bond donors (Lipinski definition) is 0. The number of aliphatic imine (C=N–C) groups is 1. The van der Waals surface area contributed by atoms with Gasteiger partial charge in [0.2, 0.25) is 0 Å². The van der Waals surface area contributed by atoms with Crippen LogP contribution in [0.1, 0.15) is 30.5 Å². The molecule has 1 aliphatic rings. The first-order valence-corrected chi connectivity index (χ1v) is 6.73. The highest BCUT2D eigenvalue weighted by Gasteiger charge is 2.27. The molecule has 96 valence electrons. The second kappa shape index (κ2) is 4.46. The van der Waals surface area contributed by atoms with Crippen LogP contribution < -0.4 is 0 Å². The number of halogens is 1. The van der Waals surface area contributed by atoms with Gasteiger partial charge in [-0.15, -0.1) is 0 Å². The quantitative estimate of drug-likeness (QED) is 0.722. The van der Waals surface area contributed by atoms with E-state index in [0.717, 1.165) is 17.7 Å². The molecule has 2 aromatic rings. The summed E-state index contributed by atoms with van der Waals surface area (Å²) in [6.07, 6.45) is 2.76. The number of nitrogens with zero attached hydrogens (tertiary/aromatic N) is 2. The number of rotatable bonds is 1. The van der Waals surface area contributed by atoms with E-state index in [-0.39, 0.29) is 5.54 Å². The van der Waals surface area contributed by atoms with Gasteiger partial charge in [-0.3, -0.25) is 4.99 Å². The Morgan fingerprint density at radius 1 is 1.11 bits per heavy atom. The van der Waals surface area contributed by atoms with Crippen LogP contribution in [0.4, 0.5) is 0 Å². The summed E-state index contributed by atoms with van der Waals surface area (Å²) in [5.41, 5.74) is 4.49. The van der Waals surface area contributed by atoms with Gasteiger partial charge < -0.3 is 0 Å². The monoisotopic (exact) mass is 270 g/mol. The Kier molecular flexibility index (Phi) is 2.90.